The Morgan fingerprint density at radius 3 is 2.73 bits per heavy atom. The maximum atomic E-state index is 12.3. The number of hydrogen-bond acceptors (Lipinski definition) is 4. The van der Waals surface area contributed by atoms with Crippen molar-refractivity contribution in [3.8, 4) is 0 Å². The lowest BCUT2D eigenvalue weighted by molar-refractivity contribution is 0.0765. The van der Waals surface area contributed by atoms with Crippen LogP contribution in [0.5, 0.6) is 0 Å². The summed E-state index contributed by atoms with van der Waals surface area (Å²) < 4.78 is 5.23. The van der Waals surface area contributed by atoms with Gasteiger partial charge in [0.15, 0.2) is 0 Å². The van der Waals surface area contributed by atoms with Crippen molar-refractivity contribution in [2.75, 3.05) is 33.2 Å². The molecule has 1 N–H and O–H groups in total. The highest BCUT2D eigenvalue weighted by Crippen LogP contribution is 2.21. The molecule has 2 saturated heterocycles. The van der Waals surface area contributed by atoms with E-state index in [4.69, 9.17) is 4.42 Å². The molecule has 122 valence electrons. The summed E-state index contributed by atoms with van der Waals surface area (Å²) in [6.07, 6.45) is 6.32. The SMILES string of the molecule is Cc1occc1C(=O)NC1CCCN(C2CCN(C)CC2)C1. The van der Waals surface area contributed by atoms with Crippen molar-refractivity contribution in [1.82, 2.24) is 15.1 Å². The van der Waals surface area contributed by atoms with E-state index in [1.807, 2.05) is 6.92 Å². The van der Waals surface area contributed by atoms with Crippen LogP contribution in [0.1, 0.15) is 41.8 Å². The normalized spacial score (nSPS) is 25.3. The molecule has 1 atom stereocenters. The Kier molecular flexibility index (Phi) is 4.84. The van der Waals surface area contributed by atoms with E-state index in [2.05, 4.69) is 22.2 Å². The predicted octanol–water partition coefficient (Wildman–Crippen LogP) is 1.88. The second-order valence-electron chi connectivity index (χ2n) is 6.73. The molecule has 0 radical (unpaired) electrons. The summed E-state index contributed by atoms with van der Waals surface area (Å²) in [5.41, 5.74) is 0.663. The highest BCUT2D eigenvalue weighted by molar-refractivity contribution is 5.95. The van der Waals surface area contributed by atoms with Crippen LogP contribution < -0.4 is 5.32 Å². The third kappa shape index (κ3) is 3.52. The number of aryl methyl sites for hydroxylation is 1. The monoisotopic (exact) mass is 305 g/mol. The molecule has 0 aliphatic carbocycles. The number of furan rings is 1. The molecule has 2 aliphatic rings. The number of nitrogens with zero attached hydrogens (tertiary/aromatic N) is 2. The van der Waals surface area contributed by atoms with Gasteiger partial charge in [0.25, 0.3) is 5.91 Å². The Labute approximate surface area is 132 Å². The summed E-state index contributed by atoms with van der Waals surface area (Å²) in [6.45, 7) is 6.36. The smallest absolute Gasteiger partial charge is 0.255 e. The van der Waals surface area contributed by atoms with Gasteiger partial charge >= 0.3 is 0 Å². The zero-order valence-electron chi connectivity index (χ0n) is 13.7. The first-order valence-electron chi connectivity index (χ1n) is 8.41. The van der Waals surface area contributed by atoms with E-state index in [0.29, 0.717) is 17.4 Å². The average molecular weight is 305 g/mol. The van der Waals surface area contributed by atoms with E-state index >= 15 is 0 Å². The molecule has 22 heavy (non-hydrogen) atoms. The zero-order valence-corrected chi connectivity index (χ0v) is 13.7. The van der Waals surface area contributed by atoms with Crippen LogP contribution in [0.4, 0.5) is 0 Å². The predicted molar refractivity (Wildman–Crippen MR) is 86.0 cm³/mol. The fraction of sp³-hybridized carbons (Fsp3) is 0.706. The topological polar surface area (TPSA) is 48.7 Å². The van der Waals surface area contributed by atoms with E-state index in [0.717, 1.165) is 13.0 Å². The molecule has 0 aromatic carbocycles. The lowest BCUT2D eigenvalue weighted by Gasteiger charge is -2.41. The van der Waals surface area contributed by atoms with Crippen molar-refractivity contribution in [2.45, 2.75) is 44.7 Å². The fourth-order valence-corrected chi connectivity index (χ4v) is 3.70. The summed E-state index contributed by atoms with van der Waals surface area (Å²) in [7, 11) is 2.20. The maximum Gasteiger partial charge on any atom is 0.255 e. The van der Waals surface area contributed by atoms with E-state index in [1.54, 1.807) is 12.3 Å². The van der Waals surface area contributed by atoms with Crippen LogP contribution in [0.15, 0.2) is 16.7 Å². The molecule has 3 rings (SSSR count). The first-order chi connectivity index (χ1) is 10.6. The molecular formula is C17H27N3O2. The van der Waals surface area contributed by atoms with Gasteiger partial charge in [-0.1, -0.05) is 0 Å². The van der Waals surface area contributed by atoms with Crippen LogP contribution >= 0.6 is 0 Å². The minimum absolute atomic E-state index is 0.00137. The lowest BCUT2D eigenvalue weighted by Crippen LogP contribution is -2.53. The summed E-state index contributed by atoms with van der Waals surface area (Å²) in [6, 6.07) is 2.70. The quantitative estimate of drug-likeness (QED) is 0.926. The van der Waals surface area contributed by atoms with Gasteiger partial charge in [0.2, 0.25) is 0 Å². The molecule has 5 heteroatoms. The van der Waals surface area contributed by atoms with Crippen molar-refractivity contribution >= 4 is 5.91 Å². The minimum atomic E-state index is 0.00137. The van der Waals surface area contributed by atoms with Crippen molar-refractivity contribution in [2.24, 2.45) is 0 Å². The van der Waals surface area contributed by atoms with Crippen LogP contribution in [0, 0.1) is 6.92 Å². The van der Waals surface area contributed by atoms with E-state index in [9.17, 15) is 4.79 Å². The van der Waals surface area contributed by atoms with Crippen molar-refractivity contribution in [1.29, 1.82) is 0 Å². The van der Waals surface area contributed by atoms with Crippen molar-refractivity contribution in [3.63, 3.8) is 0 Å². The van der Waals surface area contributed by atoms with Gasteiger partial charge in [0, 0.05) is 18.6 Å². The third-order valence-electron chi connectivity index (χ3n) is 5.10. The molecule has 0 spiro atoms. The molecule has 1 aromatic rings. The number of carbonyl (C=O) groups is 1. The maximum absolute atomic E-state index is 12.3. The largest absolute Gasteiger partial charge is 0.469 e. The van der Waals surface area contributed by atoms with Crippen LogP contribution in [0.25, 0.3) is 0 Å². The average Bonchev–Trinajstić information content (AvgIpc) is 2.94. The molecule has 1 unspecified atom stereocenters. The summed E-state index contributed by atoms with van der Waals surface area (Å²) >= 11 is 0. The summed E-state index contributed by atoms with van der Waals surface area (Å²) in [4.78, 5) is 17.3. The number of hydrogen-bond donors (Lipinski definition) is 1. The standard InChI is InChI=1S/C17H27N3O2/c1-13-16(7-11-22-13)17(21)18-14-4-3-8-20(12-14)15-5-9-19(2)10-6-15/h7,11,14-15H,3-6,8-10,12H2,1-2H3,(H,18,21). The fourth-order valence-electron chi connectivity index (χ4n) is 3.70. The first-order valence-corrected chi connectivity index (χ1v) is 8.41. The van der Waals surface area contributed by atoms with Gasteiger partial charge in [-0.3, -0.25) is 9.69 Å². The number of carbonyl (C=O) groups excluding carboxylic acids is 1. The van der Waals surface area contributed by atoms with E-state index < -0.39 is 0 Å². The Morgan fingerprint density at radius 2 is 2.05 bits per heavy atom. The summed E-state index contributed by atoms with van der Waals surface area (Å²) in [5, 5.41) is 3.19. The van der Waals surface area contributed by atoms with E-state index in [1.165, 1.54) is 38.9 Å². The Bertz CT molecular complexity index is 506. The molecule has 3 heterocycles. The Hall–Kier alpha value is -1.33. The van der Waals surface area contributed by atoms with Gasteiger partial charge < -0.3 is 14.6 Å². The lowest BCUT2D eigenvalue weighted by atomic mass is 9.98. The molecular weight excluding hydrogens is 278 g/mol. The molecule has 0 bridgehead atoms. The van der Waals surface area contributed by atoms with Gasteiger partial charge in [-0.2, -0.15) is 0 Å². The van der Waals surface area contributed by atoms with Crippen molar-refractivity contribution in [3.05, 3.63) is 23.7 Å². The number of rotatable bonds is 3. The van der Waals surface area contributed by atoms with Gasteiger partial charge in [-0.25, -0.2) is 0 Å². The van der Waals surface area contributed by atoms with Crippen molar-refractivity contribution < 1.29 is 9.21 Å². The molecule has 0 saturated carbocycles. The third-order valence-corrected chi connectivity index (χ3v) is 5.10. The number of nitrogens with one attached hydrogen (secondary N) is 1. The first kappa shape index (κ1) is 15.6. The molecule has 1 amide bonds. The van der Waals surface area contributed by atoms with Gasteiger partial charge in [-0.15, -0.1) is 0 Å². The van der Waals surface area contributed by atoms with Crippen LogP contribution in [-0.4, -0.2) is 61.0 Å². The summed E-state index contributed by atoms with van der Waals surface area (Å²) in [5.74, 6) is 0.696. The van der Waals surface area contributed by atoms with Gasteiger partial charge in [0.05, 0.1) is 11.8 Å². The molecule has 5 nitrogen and oxygen atoms in total. The zero-order chi connectivity index (χ0) is 15.5. The van der Waals surface area contributed by atoms with Gasteiger partial charge in [0.1, 0.15) is 5.76 Å². The van der Waals surface area contributed by atoms with Gasteiger partial charge in [-0.05, 0) is 65.4 Å². The van der Waals surface area contributed by atoms with Crippen LogP contribution in [0.3, 0.4) is 0 Å². The van der Waals surface area contributed by atoms with Crippen LogP contribution in [0.2, 0.25) is 0 Å². The highest BCUT2D eigenvalue weighted by atomic mass is 16.3. The number of likely N-dealkylation sites (tertiary alicyclic amines) is 2. The number of amides is 1. The molecule has 1 aromatic heterocycles. The van der Waals surface area contributed by atoms with Crippen LogP contribution in [-0.2, 0) is 0 Å². The number of piperidine rings is 2. The second kappa shape index (κ2) is 6.84. The minimum Gasteiger partial charge on any atom is -0.469 e. The van der Waals surface area contributed by atoms with E-state index in [-0.39, 0.29) is 11.9 Å². The Morgan fingerprint density at radius 1 is 1.27 bits per heavy atom. The molecule has 2 aliphatic heterocycles. The highest BCUT2D eigenvalue weighted by Gasteiger charge is 2.29. The second-order valence-corrected chi connectivity index (χ2v) is 6.73. The Balaban J connectivity index is 1.54. The molecule has 2 fully saturated rings.